The average Bonchev–Trinajstić information content (AvgIpc) is 2.79. The molecule has 0 aliphatic heterocycles. The summed E-state index contributed by atoms with van der Waals surface area (Å²) in [7, 11) is -3.68. The summed E-state index contributed by atoms with van der Waals surface area (Å²) in [4.78, 5) is 0.175. The zero-order valence-electron chi connectivity index (χ0n) is 11.7. The minimum Gasteiger partial charge on any atom is -0.399 e. The number of anilines is 2. The SMILES string of the molecule is Cc1ccc(N)cc1S(=O)(=O)Nc1ccnn1C(C)C. The summed E-state index contributed by atoms with van der Waals surface area (Å²) in [6.45, 7) is 5.58. The lowest BCUT2D eigenvalue weighted by Gasteiger charge is -2.14. The van der Waals surface area contributed by atoms with Crippen LogP contribution in [0.4, 0.5) is 11.5 Å². The molecule has 0 aliphatic carbocycles. The summed E-state index contributed by atoms with van der Waals surface area (Å²) >= 11 is 0. The molecule has 108 valence electrons. The van der Waals surface area contributed by atoms with Gasteiger partial charge in [0.2, 0.25) is 0 Å². The molecule has 0 saturated heterocycles. The molecule has 3 N–H and O–H groups in total. The van der Waals surface area contributed by atoms with Crippen LogP contribution in [0.3, 0.4) is 0 Å². The second-order valence-electron chi connectivity index (χ2n) is 4.89. The molecule has 2 rings (SSSR count). The lowest BCUT2D eigenvalue weighted by Crippen LogP contribution is -2.18. The minimum atomic E-state index is -3.68. The topological polar surface area (TPSA) is 90.0 Å². The van der Waals surface area contributed by atoms with E-state index < -0.39 is 10.0 Å². The zero-order chi connectivity index (χ0) is 14.9. The first-order valence-electron chi connectivity index (χ1n) is 6.24. The third-order valence-corrected chi connectivity index (χ3v) is 4.40. The van der Waals surface area contributed by atoms with E-state index in [-0.39, 0.29) is 10.9 Å². The van der Waals surface area contributed by atoms with Gasteiger partial charge < -0.3 is 5.73 Å². The van der Waals surface area contributed by atoms with Gasteiger partial charge in [0.25, 0.3) is 10.0 Å². The normalized spacial score (nSPS) is 11.8. The van der Waals surface area contributed by atoms with Gasteiger partial charge >= 0.3 is 0 Å². The molecule has 0 saturated carbocycles. The molecule has 0 spiro atoms. The number of nitrogen functional groups attached to an aromatic ring is 1. The fourth-order valence-corrected chi connectivity index (χ4v) is 3.24. The fraction of sp³-hybridized carbons (Fsp3) is 0.308. The Kier molecular flexibility index (Phi) is 3.71. The first-order chi connectivity index (χ1) is 9.31. The van der Waals surface area contributed by atoms with Crippen LogP contribution in [0.1, 0.15) is 25.5 Å². The lowest BCUT2D eigenvalue weighted by molar-refractivity contribution is 0.539. The second kappa shape index (κ2) is 5.16. The van der Waals surface area contributed by atoms with Gasteiger partial charge in [0, 0.05) is 17.8 Å². The van der Waals surface area contributed by atoms with Crippen molar-refractivity contribution >= 4 is 21.5 Å². The summed E-state index contributed by atoms with van der Waals surface area (Å²) in [6.07, 6.45) is 1.56. The predicted molar refractivity (Wildman–Crippen MR) is 79.0 cm³/mol. The molecule has 0 unspecified atom stereocenters. The van der Waals surface area contributed by atoms with E-state index in [0.29, 0.717) is 17.1 Å². The van der Waals surface area contributed by atoms with Crippen LogP contribution in [0, 0.1) is 6.92 Å². The van der Waals surface area contributed by atoms with Crippen LogP contribution in [0.15, 0.2) is 35.4 Å². The largest absolute Gasteiger partial charge is 0.399 e. The van der Waals surface area contributed by atoms with E-state index in [4.69, 9.17) is 5.73 Å². The quantitative estimate of drug-likeness (QED) is 0.845. The van der Waals surface area contributed by atoms with Crippen molar-refractivity contribution in [3.05, 3.63) is 36.0 Å². The van der Waals surface area contributed by atoms with Crippen LogP contribution in [0.5, 0.6) is 0 Å². The molecular weight excluding hydrogens is 276 g/mol. The molecule has 2 aromatic rings. The Morgan fingerprint density at radius 2 is 2.00 bits per heavy atom. The van der Waals surface area contributed by atoms with Gasteiger partial charge in [-0.1, -0.05) is 6.07 Å². The lowest BCUT2D eigenvalue weighted by atomic mass is 10.2. The molecule has 0 atom stereocenters. The van der Waals surface area contributed by atoms with Crippen LogP contribution >= 0.6 is 0 Å². The Hall–Kier alpha value is -2.02. The van der Waals surface area contributed by atoms with E-state index >= 15 is 0 Å². The number of sulfonamides is 1. The number of nitrogens with zero attached hydrogens (tertiary/aromatic N) is 2. The number of hydrogen-bond donors (Lipinski definition) is 2. The van der Waals surface area contributed by atoms with E-state index in [2.05, 4.69) is 9.82 Å². The highest BCUT2D eigenvalue weighted by atomic mass is 32.2. The highest BCUT2D eigenvalue weighted by Gasteiger charge is 2.19. The third-order valence-electron chi connectivity index (χ3n) is 2.90. The van der Waals surface area contributed by atoms with Crippen LogP contribution in [0.2, 0.25) is 0 Å². The Balaban J connectivity index is 2.41. The molecule has 7 heteroatoms. The summed E-state index contributed by atoms with van der Waals surface area (Å²) in [5, 5.41) is 4.10. The van der Waals surface area contributed by atoms with E-state index in [9.17, 15) is 8.42 Å². The van der Waals surface area contributed by atoms with Gasteiger partial charge in [-0.05, 0) is 38.5 Å². The number of aromatic nitrogens is 2. The van der Waals surface area contributed by atoms with Gasteiger partial charge in [-0.25, -0.2) is 13.1 Å². The Bertz CT molecular complexity index is 720. The maximum absolute atomic E-state index is 12.4. The molecule has 1 aromatic carbocycles. The number of hydrogen-bond acceptors (Lipinski definition) is 4. The number of nitrogens with one attached hydrogen (secondary N) is 1. The Morgan fingerprint density at radius 1 is 1.30 bits per heavy atom. The van der Waals surface area contributed by atoms with Crippen LogP contribution in [0.25, 0.3) is 0 Å². The molecular formula is C13H18N4O2S. The van der Waals surface area contributed by atoms with Crippen LogP contribution < -0.4 is 10.5 Å². The predicted octanol–water partition coefficient (Wildman–Crippen LogP) is 2.16. The third kappa shape index (κ3) is 2.77. The summed E-state index contributed by atoms with van der Waals surface area (Å²) in [5.74, 6) is 0.432. The van der Waals surface area contributed by atoms with Crippen molar-refractivity contribution in [3.8, 4) is 0 Å². The average molecular weight is 294 g/mol. The molecule has 0 radical (unpaired) electrons. The molecule has 1 heterocycles. The number of nitrogens with two attached hydrogens (primary N) is 1. The Labute approximate surface area is 118 Å². The van der Waals surface area contributed by atoms with Crippen molar-refractivity contribution in [1.82, 2.24) is 9.78 Å². The molecule has 6 nitrogen and oxygen atoms in total. The van der Waals surface area contributed by atoms with Crippen molar-refractivity contribution in [2.75, 3.05) is 10.5 Å². The van der Waals surface area contributed by atoms with Gasteiger partial charge in [-0.2, -0.15) is 5.10 Å². The van der Waals surface area contributed by atoms with Crippen molar-refractivity contribution in [1.29, 1.82) is 0 Å². The monoisotopic (exact) mass is 294 g/mol. The first kappa shape index (κ1) is 14.4. The number of aryl methyl sites for hydroxylation is 1. The maximum atomic E-state index is 12.4. The molecule has 0 amide bonds. The van der Waals surface area contributed by atoms with Crippen molar-refractivity contribution in [2.45, 2.75) is 31.7 Å². The highest BCUT2D eigenvalue weighted by molar-refractivity contribution is 7.92. The van der Waals surface area contributed by atoms with Gasteiger partial charge in [0.1, 0.15) is 5.82 Å². The second-order valence-corrected chi connectivity index (χ2v) is 6.54. The molecule has 1 aromatic heterocycles. The Morgan fingerprint density at radius 3 is 2.65 bits per heavy atom. The van der Waals surface area contributed by atoms with Gasteiger partial charge in [-0.3, -0.25) is 4.72 Å². The van der Waals surface area contributed by atoms with Crippen LogP contribution in [-0.4, -0.2) is 18.2 Å². The summed E-state index contributed by atoms with van der Waals surface area (Å²) in [6, 6.07) is 6.49. The van der Waals surface area contributed by atoms with Crippen molar-refractivity contribution in [2.24, 2.45) is 0 Å². The molecule has 0 fully saturated rings. The fourth-order valence-electron chi connectivity index (χ4n) is 1.91. The van der Waals surface area contributed by atoms with Gasteiger partial charge in [0.05, 0.1) is 11.1 Å². The minimum absolute atomic E-state index is 0.0599. The maximum Gasteiger partial charge on any atom is 0.263 e. The highest BCUT2D eigenvalue weighted by Crippen LogP contribution is 2.22. The van der Waals surface area contributed by atoms with Gasteiger partial charge in [-0.15, -0.1) is 0 Å². The number of benzene rings is 1. The van der Waals surface area contributed by atoms with E-state index in [1.54, 1.807) is 36.0 Å². The molecule has 0 aliphatic rings. The number of rotatable bonds is 4. The standard InChI is InChI=1S/C13H18N4O2S/c1-9(2)17-13(6-7-15-17)16-20(18,19)12-8-11(14)5-4-10(12)3/h4-9,16H,14H2,1-3H3. The van der Waals surface area contributed by atoms with Gasteiger partial charge in [0.15, 0.2) is 0 Å². The summed E-state index contributed by atoms with van der Waals surface area (Å²) < 4.78 is 29.0. The van der Waals surface area contributed by atoms with E-state index in [1.165, 1.54) is 6.07 Å². The van der Waals surface area contributed by atoms with E-state index in [0.717, 1.165) is 0 Å². The molecule has 20 heavy (non-hydrogen) atoms. The smallest absolute Gasteiger partial charge is 0.263 e. The van der Waals surface area contributed by atoms with E-state index in [1.807, 2.05) is 13.8 Å². The first-order valence-corrected chi connectivity index (χ1v) is 7.72. The van der Waals surface area contributed by atoms with Crippen LogP contribution in [-0.2, 0) is 10.0 Å². The zero-order valence-corrected chi connectivity index (χ0v) is 12.5. The van der Waals surface area contributed by atoms with Crippen molar-refractivity contribution in [3.63, 3.8) is 0 Å². The summed E-state index contributed by atoms with van der Waals surface area (Å²) in [5.41, 5.74) is 6.72. The van der Waals surface area contributed by atoms with Crippen molar-refractivity contribution < 1.29 is 8.42 Å². The molecule has 0 bridgehead atoms.